The van der Waals surface area contributed by atoms with Crippen LogP contribution in [0.3, 0.4) is 0 Å². The maximum absolute atomic E-state index is 9.82. The highest BCUT2D eigenvalue weighted by Crippen LogP contribution is 2.27. The zero-order chi connectivity index (χ0) is 12.1. The molecule has 90 valence electrons. The number of hydrogen-bond acceptors (Lipinski definition) is 3. The van der Waals surface area contributed by atoms with E-state index >= 15 is 0 Å². The second-order valence-corrected chi connectivity index (χ2v) is 4.03. The summed E-state index contributed by atoms with van der Waals surface area (Å²) in [5.74, 6) is 0.644. The minimum atomic E-state index is -0.535. The van der Waals surface area contributed by atoms with Crippen molar-refractivity contribution in [3.05, 3.63) is 29.8 Å². The van der Waals surface area contributed by atoms with Gasteiger partial charge in [-0.3, -0.25) is 0 Å². The van der Waals surface area contributed by atoms with Gasteiger partial charge in [0.05, 0.1) is 12.2 Å². The van der Waals surface area contributed by atoms with Gasteiger partial charge in [0, 0.05) is 5.56 Å². The van der Waals surface area contributed by atoms with Crippen LogP contribution < -0.4 is 4.74 Å². The summed E-state index contributed by atoms with van der Waals surface area (Å²) in [6, 6.07) is 7.38. The Kier molecular flexibility index (Phi) is 4.77. The quantitative estimate of drug-likeness (QED) is 0.806. The second-order valence-electron chi connectivity index (χ2n) is 4.03. The van der Waals surface area contributed by atoms with Crippen molar-refractivity contribution >= 4 is 0 Å². The first-order valence-corrected chi connectivity index (χ1v) is 5.68. The van der Waals surface area contributed by atoms with Crippen LogP contribution in [-0.2, 0) is 0 Å². The molecule has 0 saturated heterocycles. The zero-order valence-electron chi connectivity index (χ0n) is 10.1. The van der Waals surface area contributed by atoms with Crippen LogP contribution in [0.1, 0.15) is 38.9 Å². The lowest BCUT2D eigenvalue weighted by molar-refractivity contribution is 0.0572. The van der Waals surface area contributed by atoms with Crippen molar-refractivity contribution in [3.8, 4) is 5.75 Å². The van der Waals surface area contributed by atoms with Crippen molar-refractivity contribution in [3.63, 3.8) is 0 Å². The highest BCUT2D eigenvalue weighted by atomic mass is 16.5. The predicted molar refractivity (Wildman–Crippen MR) is 63.5 cm³/mol. The van der Waals surface area contributed by atoms with Gasteiger partial charge < -0.3 is 14.9 Å². The molecule has 0 amide bonds. The molecule has 3 atom stereocenters. The fraction of sp³-hybridized carbons (Fsp3) is 0.538. The van der Waals surface area contributed by atoms with Gasteiger partial charge in [-0.25, -0.2) is 0 Å². The molecule has 3 heteroatoms. The van der Waals surface area contributed by atoms with E-state index in [2.05, 4.69) is 0 Å². The Labute approximate surface area is 96.7 Å². The highest BCUT2D eigenvalue weighted by molar-refractivity contribution is 5.35. The number of ether oxygens (including phenoxy) is 1. The minimum absolute atomic E-state index is 0.287. The van der Waals surface area contributed by atoms with Crippen LogP contribution in [0, 0.1) is 0 Å². The number of para-hydroxylation sites is 1. The van der Waals surface area contributed by atoms with E-state index in [1.165, 1.54) is 0 Å². The molecule has 1 aromatic carbocycles. The standard InChI is InChI=1S/C13H20O3/c1-4-12(15)11-7-5-6-8-13(11)16-10(3)9(2)14/h5-10,12,14-15H,4H2,1-3H3/t9?,10?,12-/m1/s1. The van der Waals surface area contributed by atoms with Gasteiger partial charge in [0.1, 0.15) is 11.9 Å². The lowest BCUT2D eigenvalue weighted by Crippen LogP contribution is -2.26. The molecular weight excluding hydrogens is 204 g/mol. The molecule has 0 aliphatic heterocycles. The highest BCUT2D eigenvalue weighted by Gasteiger charge is 2.15. The van der Waals surface area contributed by atoms with Crippen LogP contribution in [0.5, 0.6) is 5.75 Å². The molecule has 1 aromatic rings. The summed E-state index contributed by atoms with van der Waals surface area (Å²) < 4.78 is 5.62. The molecule has 0 aliphatic rings. The molecule has 2 unspecified atom stereocenters. The number of hydrogen-bond donors (Lipinski definition) is 2. The molecule has 0 radical (unpaired) electrons. The van der Waals surface area contributed by atoms with Crippen LogP contribution in [0.4, 0.5) is 0 Å². The molecular formula is C13H20O3. The van der Waals surface area contributed by atoms with Gasteiger partial charge in [0.25, 0.3) is 0 Å². The number of benzene rings is 1. The van der Waals surface area contributed by atoms with Gasteiger partial charge >= 0.3 is 0 Å². The Bertz CT molecular complexity index is 323. The Morgan fingerprint density at radius 3 is 2.38 bits per heavy atom. The Hall–Kier alpha value is -1.06. The van der Waals surface area contributed by atoms with Crippen LogP contribution in [0.15, 0.2) is 24.3 Å². The second kappa shape index (κ2) is 5.87. The molecule has 3 nitrogen and oxygen atoms in total. The third kappa shape index (κ3) is 3.22. The topological polar surface area (TPSA) is 49.7 Å². The van der Waals surface area contributed by atoms with Crippen molar-refractivity contribution in [1.29, 1.82) is 0 Å². The molecule has 1 rings (SSSR count). The largest absolute Gasteiger partial charge is 0.488 e. The number of aliphatic hydroxyl groups is 2. The van der Waals surface area contributed by atoms with Gasteiger partial charge in [-0.1, -0.05) is 25.1 Å². The van der Waals surface area contributed by atoms with Crippen LogP contribution in [0.2, 0.25) is 0 Å². The van der Waals surface area contributed by atoms with E-state index < -0.39 is 12.2 Å². The molecule has 0 aromatic heterocycles. The Morgan fingerprint density at radius 2 is 1.81 bits per heavy atom. The molecule has 2 N–H and O–H groups in total. The van der Waals surface area contributed by atoms with Gasteiger partial charge in [-0.05, 0) is 26.3 Å². The molecule has 16 heavy (non-hydrogen) atoms. The summed E-state index contributed by atoms with van der Waals surface area (Å²) in [5.41, 5.74) is 0.775. The maximum Gasteiger partial charge on any atom is 0.125 e. The molecule has 0 saturated carbocycles. The van der Waals surface area contributed by atoms with Crippen LogP contribution in [-0.4, -0.2) is 22.4 Å². The monoisotopic (exact) mass is 224 g/mol. The summed E-state index contributed by atoms with van der Waals surface area (Å²) in [5, 5.41) is 19.2. The predicted octanol–water partition coefficient (Wildman–Crippen LogP) is 2.28. The van der Waals surface area contributed by atoms with Crippen LogP contribution >= 0.6 is 0 Å². The van der Waals surface area contributed by atoms with E-state index in [1.807, 2.05) is 31.2 Å². The van der Waals surface area contributed by atoms with E-state index in [-0.39, 0.29) is 6.10 Å². The number of rotatable bonds is 5. The fourth-order valence-corrected chi connectivity index (χ4v) is 1.38. The zero-order valence-corrected chi connectivity index (χ0v) is 10.1. The third-order valence-corrected chi connectivity index (χ3v) is 2.66. The summed E-state index contributed by atoms with van der Waals surface area (Å²) in [6.45, 7) is 5.41. The molecule has 0 aliphatic carbocycles. The minimum Gasteiger partial charge on any atom is -0.488 e. The number of aliphatic hydroxyl groups excluding tert-OH is 2. The van der Waals surface area contributed by atoms with Gasteiger partial charge in [0.15, 0.2) is 0 Å². The van der Waals surface area contributed by atoms with Crippen molar-refractivity contribution in [2.75, 3.05) is 0 Å². The first-order valence-electron chi connectivity index (χ1n) is 5.68. The third-order valence-electron chi connectivity index (χ3n) is 2.66. The van der Waals surface area contributed by atoms with Gasteiger partial charge in [-0.15, -0.1) is 0 Å². The lowest BCUT2D eigenvalue weighted by atomic mass is 10.1. The van der Waals surface area contributed by atoms with Crippen molar-refractivity contribution < 1.29 is 14.9 Å². The molecule has 0 heterocycles. The summed E-state index contributed by atoms with van der Waals surface area (Å²) >= 11 is 0. The smallest absolute Gasteiger partial charge is 0.125 e. The van der Waals surface area contributed by atoms with Gasteiger partial charge in [0.2, 0.25) is 0 Å². The van der Waals surface area contributed by atoms with E-state index in [4.69, 9.17) is 4.74 Å². The molecule has 0 fully saturated rings. The van der Waals surface area contributed by atoms with Crippen molar-refractivity contribution in [2.45, 2.75) is 45.5 Å². The van der Waals surface area contributed by atoms with Crippen molar-refractivity contribution in [2.24, 2.45) is 0 Å². The average molecular weight is 224 g/mol. The van der Waals surface area contributed by atoms with E-state index in [1.54, 1.807) is 13.8 Å². The maximum atomic E-state index is 9.82. The Morgan fingerprint density at radius 1 is 1.19 bits per heavy atom. The lowest BCUT2D eigenvalue weighted by Gasteiger charge is -2.21. The van der Waals surface area contributed by atoms with Gasteiger partial charge in [-0.2, -0.15) is 0 Å². The molecule has 0 bridgehead atoms. The van der Waals surface area contributed by atoms with Crippen LogP contribution in [0.25, 0.3) is 0 Å². The van der Waals surface area contributed by atoms with Crippen molar-refractivity contribution in [1.82, 2.24) is 0 Å². The fourth-order valence-electron chi connectivity index (χ4n) is 1.38. The van der Waals surface area contributed by atoms with E-state index in [0.29, 0.717) is 12.2 Å². The normalized spacial score (nSPS) is 16.6. The first-order chi connectivity index (χ1) is 7.56. The summed E-state index contributed by atoms with van der Waals surface area (Å²) in [7, 11) is 0. The summed E-state index contributed by atoms with van der Waals surface area (Å²) in [6.07, 6.45) is -0.696. The SMILES string of the molecule is CC[C@@H](O)c1ccccc1OC(C)C(C)O. The average Bonchev–Trinajstić information content (AvgIpc) is 2.28. The van der Waals surface area contributed by atoms with E-state index in [9.17, 15) is 10.2 Å². The molecule has 0 spiro atoms. The van der Waals surface area contributed by atoms with E-state index in [0.717, 1.165) is 5.56 Å². The summed E-state index contributed by atoms with van der Waals surface area (Å²) in [4.78, 5) is 0. The Balaban J connectivity index is 2.86. The first kappa shape index (κ1) is 13.0.